The van der Waals surface area contributed by atoms with Gasteiger partial charge in [-0.15, -0.1) is 0 Å². The lowest BCUT2D eigenvalue weighted by atomic mass is 10.0. The van der Waals surface area contributed by atoms with Gasteiger partial charge in [0.25, 0.3) is 0 Å². The number of benzene rings is 3. The summed E-state index contributed by atoms with van der Waals surface area (Å²) in [6.45, 7) is 0.0850. The van der Waals surface area contributed by atoms with Crippen LogP contribution in [0.2, 0.25) is 0 Å². The van der Waals surface area contributed by atoms with Crippen molar-refractivity contribution in [2.75, 3.05) is 0 Å². The van der Waals surface area contributed by atoms with E-state index in [4.69, 9.17) is 4.74 Å². The van der Waals surface area contributed by atoms with Crippen molar-refractivity contribution < 1.29 is 19.4 Å². The first-order chi connectivity index (χ1) is 11.2. The predicted octanol–water partition coefficient (Wildman–Crippen LogP) is 3.93. The molecule has 0 fully saturated rings. The molecular formula is C19H14O4. The van der Waals surface area contributed by atoms with E-state index in [1.165, 1.54) is 6.07 Å². The molecule has 0 unspecified atom stereocenters. The first-order valence-electron chi connectivity index (χ1n) is 7.11. The SMILES string of the molecule is O=Cc1c(OCc2ccccc2C(=O)O)ccc2ccccc12. The Hall–Kier alpha value is -3.14. The highest BCUT2D eigenvalue weighted by Gasteiger charge is 2.12. The van der Waals surface area contributed by atoms with Gasteiger partial charge < -0.3 is 9.84 Å². The highest BCUT2D eigenvalue weighted by molar-refractivity contribution is 6.00. The van der Waals surface area contributed by atoms with Crippen molar-refractivity contribution in [3.05, 3.63) is 77.4 Å². The molecule has 0 radical (unpaired) electrons. The molecule has 23 heavy (non-hydrogen) atoms. The van der Waals surface area contributed by atoms with Crippen LogP contribution in [0, 0.1) is 0 Å². The van der Waals surface area contributed by atoms with Crippen molar-refractivity contribution >= 4 is 23.0 Å². The van der Waals surface area contributed by atoms with Crippen LogP contribution >= 0.6 is 0 Å². The van der Waals surface area contributed by atoms with Crippen LogP contribution in [-0.2, 0) is 6.61 Å². The average Bonchev–Trinajstić information content (AvgIpc) is 2.59. The minimum atomic E-state index is -1.00. The first kappa shape index (κ1) is 14.8. The number of hydrogen-bond donors (Lipinski definition) is 1. The van der Waals surface area contributed by atoms with Crippen LogP contribution in [0.1, 0.15) is 26.3 Å². The molecule has 0 aliphatic rings. The fourth-order valence-electron chi connectivity index (χ4n) is 2.53. The van der Waals surface area contributed by atoms with Gasteiger partial charge in [0, 0.05) is 5.56 Å². The number of carboxylic acids is 1. The van der Waals surface area contributed by atoms with Gasteiger partial charge in [0.1, 0.15) is 12.4 Å². The molecule has 3 aromatic rings. The van der Waals surface area contributed by atoms with E-state index >= 15 is 0 Å². The predicted molar refractivity (Wildman–Crippen MR) is 87.1 cm³/mol. The summed E-state index contributed by atoms with van der Waals surface area (Å²) in [4.78, 5) is 22.7. The van der Waals surface area contributed by atoms with Crippen molar-refractivity contribution in [2.24, 2.45) is 0 Å². The number of rotatable bonds is 5. The Kier molecular flexibility index (Phi) is 4.06. The molecule has 0 amide bonds. The second-order valence-electron chi connectivity index (χ2n) is 5.07. The summed E-state index contributed by atoms with van der Waals surface area (Å²) in [5.74, 6) is -0.558. The van der Waals surface area contributed by atoms with Crippen LogP contribution in [0.5, 0.6) is 5.75 Å². The molecule has 0 atom stereocenters. The van der Waals surface area contributed by atoms with Crippen molar-refractivity contribution in [2.45, 2.75) is 6.61 Å². The van der Waals surface area contributed by atoms with E-state index in [2.05, 4.69) is 0 Å². The van der Waals surface area contributed by atoms with Gasteiger partial charge >= 0.3 is 5.97 Å². The number of aldehydes is 1. The van der Waals surface area contributed by atoms with Crippen molar-refractivity contribution in [1.82, 2.24) is 0 Å². The van der Waals surface area contributed by atoms with E-state index in [1.807, 2.05) is 30.3 Å². The minimum absolute atomic E-state index is 0.0850. The van der Waals surface area contributed by atoms with Crippen molar-refractivity contribution in [1.29, 1.82) is 0 Å². The Bertz CT molecular complexity index is 883. The largest absolute Gasteiger partial charge is 0.488 e. The zero-order valence-corrected chi connectivity index (χ0v) is 12.2. The highest BCUT2D eigenvalue weighted by atomic mass is 16.5. The maximum atomic E-state index is 11.5. The second kappa shape index (κ2) is 6.32. The van der Waals surface area contributed by atoms with E-state index in [0.717, 1.165) is 17.1 Å². The summed E-state index contributed by atoms with van der Waals surface area (Å²) < 4.78 is 5.72. The second-order valence-corrected chi connectivity index (χ2v) is 5.07. The summed E-state index contributed by atoms with van der Waals surface area (Å²) in [5, 5.41) is 11.0. The number of carbonyl (C=O) groups is 2. The van der Waals surface area contributed by atoms with Crippen LogP contribution in [0.15, 0.2) is 60.7 Å². The monoisotopic (exact) mass is 306 g/mol. The van der Waals surface area contributed by atoms with E-state index in [9.17, 15) is 14.7 Å². The summed E-state index contributed by atoms with van der Waals surface area (Å²) in [5.41, 5.74) is 1.22. The minimum Gasteiger partial charge on any atom is -0.488 e. The molecule has 3 rings (SSSR count). The molecule has 0 spiro atoms. The third-order valence-electron chi connectivity index (χ3n) is 3.68. The summed E-state index contributed by atoms with van der Waals surface area (Å²) >= 11 is 0. The lowest BCUT2D eigenvalue weighted by molar-refractivity contribution is 0.0693. The topological polar surface area (TPSA) is 63.6 Å². The lowest BCUT2D eigenvalue weighted by Crippen LogP contribution is -2.06. The van der Waals surface area contributed by atoms with E-state index in [0.29, 0.717) is 16.9 Å². The molecule has 3 aromatic carbocycles. The van der Waals surface area contributed by atoms with Gasteiger partial charge in [-0.2, -0.15) is 0 Å². The Morgan fingerprint density at radius 2 is 1.74 bits per heavy atom. The van der Waals surface area contributed by atoms with Crippen LogP contribution in [-0.4, -0.2) is 17.4 Å². The lowest BCUT2D eigenvalue weighted by Gasteiger charge is -2.12. The molecule has 0 heterocycles. The molecule has 4 nitrogen and oxygen atoms in total. The quantitative estimate of drug-likeness (QED) is 0.725. The van der Waals surface area contributed by atoms with Gasteiger partial charge in [-0.3, -0.25) is 4.79 Å². The Morgan fingerprint density at radius 1 is 1.00 bits per heavy atom. The summed E-state index contributed by atoms with van der Waals surface area (Å²) in [6.07, 6.45) is 0.765. The number of aromatic carboxylic acids is 1. The Labute approximate surface area is 132 Å². The van der Waals surface area contributed by atoms with E-state index in [-0.39, 0.29) is 12.2 Å². The average molecular weight is 306 g/mol. The third kappa shape index (κ3) is 2.92. The zero-order chi connectivity index (χ0) is 16.2. The van der Waals surface area contributed by atoms with Crippen molar-refractivity contribution in [3.8, 4) is 5.75 Å². The number of carbonyl (C=O) groups excluding carboxylic acids is 1. The number of carboxylic acid groups (broad SMARTS) is 1. The van der Waals surface area contributed by atoms with Gasteiger partial charge in [0.15, 0.2) is 6.29 Å². The zero-order valence-electron chi connectivity index (χ0n) is 12.2. The smallest absolute Gasteiger partial charge is 0.336 e. The Morgan fingerprint density at radius 3 is 2.52 bits per heavy atom. The van der Waals surface area contributed by atoms with E-state index in [1.54, 1.807) is 24.3 Å². The Balaban J connectivity index is 1.94. The molecule has 0 bridgehead atoms. The fraction of sp³-hybridized carbons (Fsp3) is 0.0526. The standard InChI is InChI=1S/C19H14O4/c20-11-17-15-7-3-1-5-13(15)9-10-18(17)23-12-14-6-2-4-8-16(14)19(21)22/h1-11H,12H2,(H,21,22). The van der Waals surface area contributed by atoms with Gasteiger partial charge in [0.2, 0.25) is 0 Å². The van der Waals surface area contributed by atoms with Crippen LogP contribution in [0.25, 0.3) is 10.8 Å². The van der Waals surface area contributed by atoms with Crippen LogP contribution < -0.4 is 4.74 Å². The van der Waals surface area contributed by atoms with Gasteiger partial charge in [-0.05, 0) is 22.9 Å². The normalized spacial score (nSPS) is 10.4. The summed E-state index contributed by atoms with van der Waals surface area (Å²) in [7, 11) is 0. The molecular weight excluding hydrogens is 292 g/mol. The molecule has 0 aliphatic carbocycles. The van der Waals surface area contributed by atoms with Gasteiger partial charge in [-0.25, -0.2) is 4.79 Å². The number of ether oxygens (including phenoxy) is 1. The maximum Gasteiger partial charge on any atom is 0.336 e. The van der Waals surface area contributed by atoms with Gasteiger partial charge in [0.05, 0.1) is 11.1 Å². The molecule has 0 aromatic heterocycles. The number of fused-ring (bicyclic) bond motifs is 1. The van der Waals surface area contributed by atoms with Crippen LogP contribution in [0.3, 0.4) is 0 Å². The van der Waals surface area contributed by atoms with Crippen LogP contribution in [0.4, 0.5) is 0 Å². The molecule has 0 aliphatic heterocycles. The van der Waals surface area contributed by atoms with E-state index < -0.39 is 5.97 Å². The molecule has 0 saturated carbocycles. The fourth-order valence-corrected chi connectivity index (χ4v) is 2.53. The molecule has 1 N–H and O–H groups in total. The first-order valence-corrected chi connectivity index (χ1v) is 7.11. The van der Waals surface area contributed by atoms with Crippen molar-refractivity contribution in [3.63, 3.8) is 0 Å². The molecule has 114 valence electrons. The highest BCUT2D eigenvalue weighted by Crippen LogP contribution is 2.27. The number of hydrogen-bond acceptors (Lipinski definition) is 3. The maximum absolute atomic E-state index is 11.5. The third-order valence-corrected chi connectivity index (χ3v) is 3.68. The molecule has 0 saturated heterocycles. The summed E-state index contributed by atoms with van der Waals surface area (Å²) in [6, 6.07) is 17.8. The molecule has 4 heteroatoms. The van der Waals surface area contributed by atoms with Gasteiger partial charge in [-0.1, -0.05) is 48.5 Å².